The van der Waals surface area contributed by atoms with E-state index in [0.29, 0.717) is 34.7 Å². The monoisotopic (exact) mass is 484 g/mol. The summed E-state index contributed by atoms with van der Waals surface area (Å²) >= 11 is 6.96. The highest BCUT2D eigenvalue weighted by atomic mass is 35.5. The second kappa shape index (κ2) is 7.83. The van der Waals surface area contributed by atoms with Gasteiger partial charge in [-0.3, -0.25) is 4.79 Å². The van der Waals surface area contributed by atoms with E-state index in [1.807, 2.05) is 6.92 Å². The third-order valence-corrected chi connectivity index (χ3v) is 7.31. The van der Waals surface area contributed by atoms with E-state index >= 15 is 4.39 Å². The van der Waals surface area contributed by atoms with Crippen molar-refractivity contribution in [2.24, 2.45) is 0 Å². The molecule has 1 saturated carbocycles. The van der Waals surface area contributed by atoms with Crippen LogP contribution in [0.15, 0.2) is 18.3 Å². The first kappa shape index (κ1) is 22.4. The smallest absolute Gasteiger partial charge is 0.258 e. The standard InChI is InChI=1S/C23H26ClFN8O/c1-11-30-22(27)33(31-11)12-6-7-23(8-12)10-29-20-17(23)18(24)14(9-28-20)13-4-5-15(26)16(19(13)25)21(34)32(2)3/h4-5,9,12H,6-8,10,26H2,1-3H3,(H,28,29)(H2,27,30,31)/t12-,23-/m0/s1. The zero-order valence-electron chi connectivity index (χ0n) is 19.2. The van der Waals surface area contributed by atoms with Crippen molar-refractivity contribution in [2.75, 3.05) is 37.4 Å². The Labute approximate surface area is 201 Å². The van der Waals surface area contributed by atoms with Crippen molar-refractivity contribution in [3.05, 3.63) is 46.1 Å². The van der Waals surface area contributed by atoms with E-state index in [1.165, 1.54) is 23.2 Å². The Morgan fingerprint density at radius 2 is 2.09 bits per heavy atom. The van der Waals surface area contributed by atoms with Crippen LogP contribution in [0.2, 0.25) is 5.02 Å². The summed E-state index contributed by atoms with van der Waals surface area (Å²) < 4.78 is 17.4. The van der Waals surface area contributed by atoms with Crippen LogP contribution in [0.25, 0.3) is 11.1 Å². The quantitative estimate of drug-likeness (QED) is 0.486. The molecule has 0 bridgehead atoms. The minimum Gasteiger partial charge on any atom is -0.398 e. The molecule has 2 aromatic heterocycles. The van der Waals surface area contributed by atoms with E-state index in [-0.39, 0.29) is 28.3 Å². The minimum absolute atomic E-state index is 0.0719. The zero-order valence-corrected chi connectivity index (χ0v) is 19.9. The Balaban J connectivity index is 1.58. The van der Waals surface area contributed by atoms with Crippen LogP contribution in [0.4, 0.5) is 21.8 Å². The number of carbonyl (C=O) groups is 1. The molecular weight excluding hydrogens is 459 g/mol. The number of amides is 1. The van der Waals surface area contributed by atoms with E-state index in [1.54, 1.807) is 18.8 Å². The summed E-state index contributed by atoms with van der Waals surface area (Å²) in [5.41, 5.74) is 13.1. The molecule has 1 aliphatic carbocycles. The summed E-state index contributed by atoms with van der Waals surface area (Å²) in [5, 5.41) is 8.25. The zero-order chi connectivity index (χ0) is 24.4. The summed E-state index contributed by atoms with van der Waals surface area (Å²) in [5.74, 6) is 0.493. The Morgan fingerprint density at radius 1 is 1.32 bits per heavy atom. The number of aromatic nitrogens is 4. The molecule has 5 rings (SSSR count). The van der Waals surface area contributed by atoms with Gasteiger partial charge in [-0.2, -0.15) is 10.1 Å². The highest BCUT2D eigenvalue weighted by Gasteiger charge is 2.48. The van der Waals surface area contributed by atoms with Crippen molar-refractivity contribution in [2.45, 2.75) is 37.6 Å². The fourth-order valence-corrected chi connectivity index (χ4v) is 5.73. The van der Waals surface area contributed by atoms with Gasteiger partial charge in [0.2, 0.25) is 5.95 Å². The minimum atomic E-state index is -0.711. The number of aryl methyl sites for hydroxylation is 1. The first-order valence-corrected chi connectivity index (χ1v) is 11.4. The predicted molar refractivity (Wildman–Crippen MR) is 129 cm³/mol. The topological polar surface area (TPSA) is 128 Å². The number of nitrogens with one attached hydrogen (secondary N) is 1. The summed E-state index contributed by atoms with van der Waals surface area (Å²) in [6.07, 6.45) is 3.98. The van der Waals surface area contributed by atoms with Gasteiger partial charge in [0.25, 0.3) is 5.91 Å². The summed E-state index contributed by atoms with van der Waals surface area (Å²) in [4.78, 5) is 22.6. The van der Waals surface area contributed by atoms with E-state index < -0.39 is 11.7 Å². The lowest BCUT2D eigenvalue weighted by Crippen LogP contribution is -2.26. The highest BCUT2D eigenvalue weighted by molar-refractivity contribution is 6.34. The number of nitrogens with zero attached hydrogens (tertiary/aromatic N) is 5. The van der Waals surface area contributed by atoms with Crippen LogP contribution in [0.1, 0.15) is 47.1 Å². The van der Waals surface area contributed by atoms with Gasteiger partial charge in [0.15, 0.2) is 0 Å². The molecule has 1 spiro atoms. The number of nitrogens with two attached hydrogens (primary N) is 2. The van der Waals surface area contributed by atoms with Crippen molar-refractivity contribution in [1.29, 1.82) is 0 Å². The maximum Gasteiger partial charge on any atom is 0.258 e. The first-order valence-electron chi connectivity index (χ1n) is 11.0. The Hall–Kier alpha value is -3.40. The molecule has 5 N–H and O–H groups in total. The largest absolute Gasteiger partial charge is 0.398 e. The third kappa shape index (κ3) is 3.27. The Bertz CT molecular complexity index is 1320. The molecule has 9 nitrogen and oxygen atoms in total. The fraction of sp³-hybridized carbons (Fsp3) is 0.391. The molecule has 178 valence electrons. The SMILES string of the molecule is Cc1nc(N)n([C@H]2CC[C@@]3(CNc4ncc(-c5ccc(N)c(C(=O)N(C)C)c5F)c(Cl)c43)C2)n1. The van der Waals surface area contributed by atoms with Crippen LogP contribution in [-0.2, 0) is 5.41 Å². The van der Waals surface area contributed by atoms with Crippen LogP contribution in [0, 0.1) is 12.7 Å². The van der Waals surface area contributed by atoms with Gasteiger partial charge >= 0.3 is 0 Å². The van der Waals surface area contributed by atoms with Crippen molar-refractivity contribution in [3.8, 4) is 11.1 Å². The van der Waals surface area contributed by atoms with Gasteiger partial charge in [-0.1, -0.05) is 11.6 Å². The summed E-state index contributed by atoms with van der Waals surface area (Å²) in [7, 11) is 3.10. The molecular formula is C23H26ClFN8O. The van der Waals surface area contributed by atoms with Crippen LogP contribution in [-0.4, -0.2) is 51.2 Å². The average Bonchev–Trinajstić information content (AvgIpc) is 3.47. The molecule has 34 heavy (non-hydrogen) atoms. The lowest BCUT2D eigenvalue weighted by Gasteiger charge is -2.25. The molecule has 2 atom stereocenters. The number of hydrogen-bond acceptors (Lipinski definition) is 7. The number of nitrogen functional groups attached to an aromatic ring is 2. The van der Waals surface area contributed by atoms with Crippen molar-refractivity contribution < 1.29 is 9.18 Å². The number of pyridine rings is 1. The third-order valence-electron chi connectivity index (χ3n) is 6.92. The van der Waals surface area contributed by atoms with Gasteiger partial charge in [-0.05, 0) is 38.3 Å². The lowest BCUT2D eigenvalue weighted by molar-refractivity contribution is 0.0824. The molecule has 1 aliphatic heterocycles. The number of carbonyl (C=O) groups excluding carboxylic acids is 1. The maximum atomic E-state index is 15.6. The van der Waals surface area contributed by atoms with Gasteiger partial charge in [0.1, 0.15) is 17.5 Å². The number of benzene rings is 1. The van der Waals surface area contributed by atoms with Crippen LogP contribution in [0.3, 0.4) is 0 Å². The lowest BCUT2D eigenvalue weighted by atomic mass is 9.80. The summed E-state index contributed by atoms with van der Waals surface area (Å²) in [6.45, 7) is 2.48. The van der Waals surface area contributed by atoms with Gasteiger partial charge in [-0.15, -0.1) is 0 Å². The number of rotatable bonds is 3. The number of fused-ring (bicyclic) bond motifs is 2. The molecule has 1 aromatic carbocycles. The second-order valence-electron chi connectivity index (χ2n) is 9.29. The van der Waals surface area contributed by atoms with Crippen LogP contribution in [0.5, 0.6) is 0 Å². The molecule has 0 saturated heterocycles. The molecule has 3 aromatic rings. The van der Waals surface area contributed by atoms with Crippen LogP contribution < -0.4 is 16.8 Å². The van der Waals surface area contributed by atoms with E-state index in [4.69, 9.17) is 23.1 Å². The fourth-order valence-electron chi connectivity index (χ4n) is 5.29. The van der Waals surface area contributed by atoms with Crippen molar-refractivity contribution in [3.63, 3.8) is 0 Å². The molecule has 0 radical (unpaired) electrons. The number of anilines is 3. The van der Waals surface area contributed by atoms with E-state index in [9.17, 15) is 4.79 Å². The van der Waals surface area contributed by atoms with Gasteiger partial charge in [-0.25, -0.2) is 14.1 Å². The molecule has 0 unspecified atom stereocenters. The summed E-state index contributed by atoms with van der Waals surface area (Å²) in [6, 6.07) is 3.14. The number of hydrogen-bond donors (Lipinski definition) is 3. The molecule has 2 aliphatic rings. The van der Waals surface area contributed by atoms with E-state index in [2.05, 4.69) is 20.4 Å². The average molecular weight is 485 g/mol. The predicted octanol–water partition coefficient (Wildman–Crippen LogP) is 3.40. The highest BCUT2D eigenvalue weighted by Crippen LogP contribution is 2.54. The molecule has 1 fully saturated rings. The van der Waals surface area contributed by atoms with Gasteiger partial charge in [0, 0.05) is 54.6 Å². The Kier molecular flexibility index (Phi) is 5.16. The van der Waals surface area contributed by atoms with Gasteiger partial charge < -0.3 is 21.7 Å². The van der Waals surface area contributed by atoms with E-state index in [0.717, 1.165) is 24.8 Å². The van der Waals surface area contributed by atoms with Crippen molar-refractivity contribution in [1.82, 2.24) is 24.6 Å². The molecule has 1 amide bonds. The normalized spacial score (nSPS) is 21.0. The first-order chi connectivity index (χ1) is 16.1. The Morgan fingerprint density at radius 3 is 2.76 bits per heavy atom. The van der Waals surface area contributed by atoms with Crippen LogP contribution >= 0.6 is 11.6 Å². The number of halogens is 2. The van der Waals surface area contributed by atoms with Crippen molar-refractivity contribution >= 4 is 35.0 Å². The maximum absolute atomic E-state index is 15.6. The second-order valence-corrected chi connectivity index (χ2v) is 9.67. The molecule has 11 heteroatoms. The van der Waals surface area contributed by atoms with Gasteiger partial charge in [0.05, 0.1) is 16.6 Å². The molecule has 3 heterocycles.